The van der Waals surface area contributed by atoms with Crippen LogP contribution in [0.25, 0.3) is 0 Å². The molecule has 1 amide bonds. The van der Waals surface area contributed by atoms with E-state index in [0.29, 0.717) is 12.8 Å². The molecule has 1 aromatic carbocycles. The molecule has 0 bridgehead atoms. The molecule has 24 heavy (non-hydrogen) atoms. The molecule has 1 aliphatic carbocycles. The van der Waals surface area contributed by atoms with E-state index >= 15 is 0 Å². The third kappa shape index (κ3) is 3.61. The van der Waals surface area contributed by atoms with E-state index in [-0.39, 0.29) is 41.6 Å². The van der Waals surface area contributed by atoms with Gasteiger partial charge >= 0.3 is 0 Å². The number of hydrogen-bond acceptors (Lipinski definition) is 5. The summed E-state index contributed by atoms with van der Waals surface area (Å²) in [6.07, 6.45) is 1.43. The summed E-state index contributed by atoms with van der Waals surface area (Å²) in [5.74, 6) is -0.532. The van der Waals surface area contributed by atoms with E-state index in [9.17, 15) is 21.6 Å². The highest BCUT2D eigenvalue weighted by atomic mass is 32.2. The first-order chi connectivity index (χ1) is 11.2. The second-order valence-corrected chi connectivity index (χ2v) is 9.94. The van der Waals surface area contributed by atoms with Gasteiger partial charge in [-0.1, -0.05) is 12.1 Å². The molecular formula is C14H19N3O5S2. The molecule has 0 atom stereocenters. The first-order valence-electron chi connectivity index (χ1n) is 7.56. The minimum atomic E-state index is -3.73. The van der Waals surface area contributed by atoms with Gasteiger partial charge in [0.25, 0.3) is 0 Å². The lowest BCUT2D eigenvalue weighted by atomic mass is 10.0. The average molecular weight is 373 g/mol. The fourth-order valence-electron chi connectivity index (χ4n) is 2.52. The van der Waals surface area contributed by atoms with Crippen molar-refractivity contribution in [1.82, 2.24) is 9.62 Å². The van der Waals surface area contributed by atoms with Crippen LogP contribution in [0.15, 0.2) is 29.2 Å². The Morgan fingerprint density at radius 2 is 1.71 bits per heavy atom. The molecule has 1 saturated heterocycles. The molecule has 2 aliphatic rings. The zero-order valence-electron chi connectivity index (χ0n) is 12.9. The molecule has 10 heteroatoms. The first kappa shape index (κ1) is 17.3. The molecular weight excluding hydrogens is 354 g/mol. The van der Waals surface area contributed by atoms with Gasteiger partial charge in [-0.2, -0.15) is 4.31 Å². The Bertz CT molecular complexity index is 839. The number of primary sulfonamides is 1. The number of amides is 1. The predicted octanol–water partition coefficient (Wildman–Crippen LogP) is -0.626. The Morgan fingerprint density at radius 1 is 1.12 bits per heavy atom. The van der Waals surface area contributed by atoms with Crippen molar-refractivity contribution in [2.24, 2.45) is 11.1 Å². The Balaban J connectivity index is 1.48. The zero-order valence-corrected chi connectivity index (χ0v) is 14.5. The van der Waals surface area contributed by atoms with Gasteiger partial charge < -0.3 is 5.32 Å². The van der Waals surface area contributed by atoms with E-state index in [0.717, 1.165) is 5.56 Å². The summed E-state index contributed by atoms with van der Waals surface area (Å²) in [5, 5.41) is 7.50. The van der Waals surface area contributed by atoms with Crippen LogP contribution >= 0.6 is 0 Å². The molecule has 1 saturated carbocycles. The van der Waals surface area contributed by atoms with Crippen molar-refractivity contribution in [3.05, 3.63) is 29.8 Å². The van der Waals surface area contributed by atoms with E-state index in [1.54, 1.807) is 12.1 Å². The third-order valence-corrected chi connectivity index (χ3v) is 7.50. The number of nitrogens with zero attached hydrogens (tertiary/aromatic N) is 1. The van der Waals surface area contributed by atoms with E-state index in [4.69, 9.17) is 5.14 Å². The van der Waals surface area contributed by atoms with Gasteiger partial charge in [-0.15, -0.1) is 0 Å². The number of sulfonamides is 2. The highest BCUT2D eigenvalue weighted by molar-refractivity contribution is 7.90. The van der Waals surface area contributed by atoms with Crippen molar-refractivity contribution in [1.29, 1.82) is 0 Å². The highest BCUT2D eigenvalue weighted by Gasteiger charge is 2.46. The Labute approximate surface area is 141 Å². The van der Waals surface area contributed by atoms with Gasteiger partial charge in [-0.3, -0.25) is 4.79 Å². The molecule has 1 aromatic rings. The molecule has 0 spiro atoms. The van der Waals surface area contributed by atoms with Gasteiger partial charge in [-0.25, -0.2) is 22.0 Å². The molecule has 0 radical (unpaired) electrons. The van der Waals surface area contributed by atoms with Crippen molar-refractivity contribution in [2.75, 3.05) is 13.1 Å². The predicted molar refractivity (Wildman–Crippen MR) is 86.7 cm³/mol. The van der Waals surface area contributed by atoms with Gasteiger partial charge in [0.15, 0.2) is 0 Å². The second kappa shape index (κ2) is 6.10. The number of hydrogen-bond donors (Lipinski definition) is 2. The second-order valence-electron chi connectivity index (χ2n) is 6.16. The van der Waals surface area contributed by atoms with Crippen LogP contribution in [0.1, 0.15) is 18.4 Å². The maximum Gasteiger partial charge on any atom is 0.238 e. The Hall–Kier alpha value is -1.49. The summed E-state index contributed by atoms with van der Waals surface area (Å²) in [5.41, 5.74) is 0.734. The summed E-state index contributed by atoms with van der Waals surface area (Å²) >= 11 is 0. The minimum absolute atomic E-state index is 0.0116. The maximum atomic E-state index is 12.0. The lowest BCUT2D eigenvalue weighted by Crippen LogP contribution is -2.56. The molecule has 2 fully saturated rings. The van der Waals surface area contributed by atoms with E-state index in [1.165, 1.54) is 16.4 Å². The number of carbonyl (C=O) groups is 1. The number of benzene rings is 1. The van der Waals surface area contributed by atoms with E-state index in [2.05, 4.69) is 5.32 Å². The average Bonchev–Trinajstić information content (AvgIpc) is 3.27. The number of rotatable bonds is 6. The van der Waals surface area contributed by atoms with Crippen molar-refractivity contribution in [3.63, 3.8) is 0 Å². The molecule has 0 aromatic heterocycles. The van der Waals surface area contributed by atoms with Crippen LogP contribution in [0.4, 0.5) is 0 Å². The number of carbonyl (C=O) groups excluding carboxylic acids is 1. The Kier molecular flexibility index (Phi) is 4.41. The van der Waals surface area contributed by atoms with Crippen LogP contribution in [0.5, 0.6) is 0 Å². The number of nitrogens with two attached hydrogens (primary N) is 1. The largest absolute Gasteiger partial charge is 0.352 e. The van der Waals surface area contributed by atoms with Gasteiger partial charge in [0.2, 0.25) is 26.0 Å². The quantitative estimate of drug-likeness (QED) is 0.687. The topological polar surface area (TPSA) is 127 Å². The van der Waals surface area contributed by atoms with Gasteiger partial charge in [-0.05, 0) is 30.5 Å². The molecule has 1 aliphatic heterocycles. The van der Waals surface area contributed by atoms with E-state index in [1.807, 2.05) is 0 Å². The fourth-order valence-corrected chi connectivity index (χ4v) is 4.96. The molecule has 132 valence electrons. The lowest BCUT2D eigenvalue weighted by molar-refractivity contribution is -0.128. The van der Waals surface area contributed by atoms with Crippen molar-refractivity contribution >= 4 is 26.0 Å². The lowest BCUT2D eigenvalue weighted by Gasteiger charge is -2.37. The monoisotopic (exact) mass is 373 g/mol. The molecule has 3 N–H and O–H groups in total. The van der Waals surface area contributed by atoms with Crippen LogP contribution in [0.2, 0.25) is 0 Å². The maximum absolute atomic E-state index is 12.0. The van der Waals surface area contributed by atoms with Crippen LogP contribution in [0.3, 0.4) is 0 Å². The fraction of sp³-hybridized carbons (Fsp3) is 0.500. The van der Waals surface area contributed by atoms with Crippen LogP contribution in [0, 0.1) is 5.92 Å². The van der Waals surface area contributed by atoms with Gasteiger partial charge in [0.05, 0.1) is 16.1 Å². The highest BCUT2D eigenvalue weighted by Crippen LogP contribution is 2.34. The van der Waals surface area contributed by atoms with Crippen LogP contribution in [-0.4, -0.2) is 45.4 Å². The zero-order chi connectivity index (χ0) is 17.5. The smallest absolute Gasteiger partial charge is 0.238 e. The van der Waals surface area contributed by atoms with Crippen LogP contribution < -0.4 is 10.5 Å². The van der Waals surface area contributed by atoms with Crippen molar-refractivity contribution in [2.45, 2.75) is 29.5 Å². The standard InChI is InChI=1S/C14H19N3O5S2/c15-23(19,20)12-3-1-10(2-4-12)7-16-14(18)11-8-17(9-11)24(21,22)13-5-6-13/h1-4,11,13H,5-9H2,(H,16,18)(H2,15,19,20). The molecule has 8 nitrogen and oxygen atoms in total. The first-order valence-corrected chi connectivity index (χ1v) is 10.6. The number of nitrogens with one attached hydrogen (secondary N) is 1. The van der Waals surface area contributed by atoms with Crippen molar-refractivity contribution in [3.8, 4) is 0 Å². The molecule has 1 heterocycles. The molecule has 3 rings (SSSR count). The molecule has 0 unspecified atom stereocenters. The summed E-state index contributed by atoms with van der Waals surface area (Å²) in [7, 11) is -6.93. The van der Waals surface area contributed by atoms with Crippen LogP contribution in [-0.2, 0) is 31.4 Å². The van der Waals surface area contributed by atoms with Gasteiger partial charge in [0.1, 0.15) is 0 Å². The Morgan fingerprint density at radius 3 is 2.21 bits per heavy atom. The summed E-state index contributed by atoms with van der Waals surface area (Å²) in [6, 6.07) is 5.91. The summed E-state index contributed by atoms with van der Waals surface area (Å²) in [6.45, 7) is 0.708. The van der Waals surface area contributed by atoms with Crippen molar-refractivity contribution < 1.29 is 21.6 Å². The summed E-state index contributed by atoms with van der Waals surface area (Å²) < 4.78 is 47.6. The van der Waals surface area contributed by atoms with E-state index < -0.39 is 20.0 Å². The minimum Gasteiger partial charge on any atom is -0.352 e. The SMILES string of the molecule is NS(=O)(=O)c1ccc(CNC(=O)C2CN(S(=O)(=O)C3CC3)C2)cc1. The summed E-state index contributed by atoms with van der Waals surface area (Å²) in [4.78, 5) is 12.0. The third-order valence-electron chi connectivity index (χ3n) is 4.24. The van der Waals surface area contributed by atoms with Gasteiger partial charge in [0, 0.05) is 19.6 Å². The normalized spacial score (nSPS) is 19.7.